The number of aromatic nitrogens is 1. The van der Waals surface area contributed by atoms with Crippen LogP contribution in [0.15, 0.2) is 72.9 Å². The predicted molar refractivity (Wildman–Crippen MR) is 132 cm³/mol. The summed E-state index contributed by atoms with van der Waals surface area (Å²) in [7, 11) is 0. The summed E-state index contributed by atoms with van der Waals surface area (Å²) in [5.41, 5.74) is -0.423. The average molecular weight is 533 g/mol. The zero-order valence-corrected chi connectivity index (χ0v) is 20.8. The van der Waals surface area contributed by atoms with E-state index < -0.39 is 40.8 Å². The van der Waals surface area contributed by atoms with Crippen molar-refractivity contribution in [3.05, 3.63) is 106 Å². The molecule has 0 radical (unpaired) electrons. The van der Waals surface area contributed by atoms with E-state index >= 15 is 0 Å². The number of nitrogens with zero attached hydrogens (tertiary/aromatic N) is 1. The van der Waals surface area contributed by atoms with E-state index in [1.54, 1.807) is 6.20 Å². The quantitative estimate of drug-likeness (QED) is 0.341. The highest BCUT2D eigenvalue weighted by Gasteiger charge is 2.40. The third kappa shape index (κ3) is 5.92. The second-order valence-corrected chi connectivity index (χ2v) is 9.62. The van der Waals surface area contributed by atoms with Gasteiger partial charge >= 0.3 is 12.4 Å². The molecule has 9 heteroatoms. The Morgan fingerprint density at radius 2 is 1.58 bits per heavy atom. The molecular weight excluding hydrogens is 506 g/mol. The molecule has 0 spiro atoms. The Labute approximate surface area is 216 Å². The maximum Gasteiger partial charge on any atom is 0.416 e. The van der Waals surface area contributed by atoms with Crippen LogP contribution < -0.4 is 5.32 Å². The second-order valence-electron chi connectivity index (χ2n) is 9.62. The molecule has 4 rings (SSSR count). The summed E-state index contributed by atoms with van der Waals surface area (Å²) >= 11 is 0. The van der Waals surface area contributed by atoms with E-state index in [1.165, 1.54) is 6.92 Å². The lowest BCUT2D eigenvalue weighted by molar-refractivity contribution is -0.143. The van der Waals surface area contributed by atoms with Crippen molar-refractivity contribution in [3.63, 3.8) is 0 Å². The van der Waals surface area contributed by atoms with Gasteiger partial charge in [-0.15, -0.1) is 0 Å². The van der Waals surface area contributed by atoms with E-state index in [0.717, 1.165) is 22.4 Å². The number of nitrogens with one attached hydrogen (secondary N) is 1. The molecule has 3 nitrogen and oxygen atoms in total. The highest BCUT2D eigenvalue weighted by atomic mass is 19.4. The van der Waals surface area contributed by atoms with Gasteiger partial charge in [0.2, 0.25) is 5.91 Å². The molecule has 200 valence electrons. The van der Waals surface area contributed by atoms with Gasteiger partial charge in [0.05, 0.1) is 22.6 Å². The fourth-order valence-electron chi connectivity index (χ4n) is 4.70. The molecule has 1 aliphatic carbocycles. The number of hydrogen-bond donors (Lipinski definition) is 1. The van der Waals surface area contributed by atoms with Crippen molar-refractivity contribution in [1.82, 2.24) is 10.3 Å². The molecule has 1 amide bonds. The van der Waals surface area contributed by atoms with Crippen molar-refractivity contribution in [2.24, 2.45) is 0 Å². The van der Waals surface area contributed by atoms with E-state index in [9.17, 15) is 31.1 Å². The van der Waals surface area contributed by atoms with Crippen LogP contribution in [-0.2, 0) is 22.7 Å². The standard InChI is InChI=1S/C29H26F6N2O/c1-18-8-9-21(17-36-18)20-10-12-27(13-11-20,23-6-4-3-5-7-23)37-26(38)19(2)22-14-24(28(30,31)32)16-25(15-22)29(33,34)35/h3-10,14-17,19H,11-13H2,1-2H3,(H,37,38). The summed E-state index contributed by atoms with van der Waals surface area (Å²) in [5, 5.41) is 2.98. The van der Waals surface area contributed by atoms with Crippen molar-refractivity contribution in [2.45, 2.75) is 56.9 Å². The number of allylic oxidation sites excluding steroid dienone is 1. The van der Waals surface area contributed by atoms with Gasteiger partial charge in [0.25, 0.3) is 0 Å². The number of rotatable bonds is 5. The van der Waals surface area contributed by atoms with Crippen LogP contribution >= 0.6 is 0 Å². The number of hydrogen-bond acceptors (Lipinski definition) is 2. The lowest BCUT2D eigenvalue weighted by atomic mass is 9.75. The molecule has 0 fully saturated rings. The third-order valence-electron chi connectivity index (χ3n) is 6.99. The zero-order valence-electron chi connectivity index (χ0n) is 20.8. The van der Waals surface area contributed by atoms with Gasteiger partial charge in [-0.3, -0.25) is 9.78 Å². The summed E-state index contributed by atoms with van der Waals surface area (Å²) < 4.78 is 80.3. The van der Waals surface area contributed by atoms with Gasteiger partial charge < -0.3 is 5.32 Å². The molecule has 1 aliphatic rings. The Kier molecular flexibility index (Phi) is 7.41. The van der Waals surface area contributed by atoms with Gasteiger partial charge in [0.15, 0.2) is 0 Å². The second kappa shape index (κ2) is 10.3. The van der Waals surface area contributed by atoms with E-state index in [-0.39, 0.29) is 11.6 Å². The van der Waals surface area contributed by atoms with Gasteiger partial charge in [-0.05, 0) is 79.6 Å². The molecular formula is C29H26F6N2O. The van der Waals surface area contributed by atoms with E-state index in [1.807, 2.05) is 55.5 Å². The molecule has 2 aromatic carbocycles. The fraction of sp³-hybridized carbons (Fsp3) is 0.310. The summed E-state index contributed by atoms with van der Waals surface area (Å²) in [6, 6.07) is 14.3. The minimum atomic E-state index is -4.99. The Morgan fingerprint density at radius 3 is 2.08 bits per heavy atom. The zero-order chi connectivity index (χ0) is 27.7. The number of benzene rings is 2. The molecule has 0 bridgehead atoms. The first-order valence-electron chi connectivity index (χ1n) is 12.1. The van der Waals surface area contributed by atoms with Crippen LogP contribution in [0.5, 0.6) is 0 Å². The monoisotopic (exact) mass is 532 g/mol. The largest absolute Gasteiger partial charge is 0.416 e. The van der Waals surface area contributed by atoms with Crippen LogP contribution in [-0.4, -0.2) is 10.9 Å². The minimum absolute atomic E-state index is 0.0625. The molecule has 0 aliphatic heterocycles. The van der Waals surface area contributed by atoms with E-state index in [0.29, 0.717) is 31.4 Å². The van der Waals surface area contributed by atoms with Crippen LogP contribution in [0.4, 0.5) is 26.3 Å². The van der Waals surface area contributed by atoms with Crippen LogP contribution in [0.2, 0.25) is 0 Å². The van der Waals surface area contributed by atoms with Crippen molar-refractivity contribution < 1.29 is 31.1 Å². The van der Waals surface area contributed by atoms with Crippen molar-refractivity contribution in [3.8, 4) is 0 Å². The fourth-order valence-corrected chi connectivity index (χ4v) is 4.70. The number of pyridine rings is 1. The topological polar surface area (TPSA) is 42.0 Å². The van der Waals surface area contributed by atoms with Gasteiger partial charge in [0, 0.05) is 11.9 Å². The van der Waals surface area contributed by atoms with Crippen LogP contribution in [0, 0.1) is 6.92 Å². The Bertz CT molecular complexity index is 1300. The minimum Gasteiger partial charge on any atom is -0.346 e. The van der Waals surface area contributed by atoms with Crippen molar-refractivity contribution in [1.29, 1.82) is 0 Å². The predicted octanol–water partition coefficient (Wildman–Crippen LogP) is 7.81. The number of amides is 1. The van der Waals surface area contributed by atoms with Crippen LogP contribution in [0.3, 0.4) is 0 Å². The van der Waals surface area contributed by atoms with Crippen LogP contribution in [0.25, 0.3) is 5.57 Å². The molecule has 38 heavy (non-hydrogen) atoms. The lowest BCUT2D eigenvalue weighted by Gasteiger charge is -2.39. The molecule has 0 saturated heterocycles. The maximum atomic E-state index is 13.4. The van der Waals surface area contributed by atoms with Crippen molar-refractivity contribution >= 4 is 11.5 Å². The molecule has 2 atom stereocenters. The molecule has 1 aromatic heterocycles. The molecule has 1 heterocycles. The van der Waals surface area contributed by atoms with E-state index in [4.69, 9.17) is 0 Å². The summed E-state index contributed by atoms with van der Waals surface area (Å²) in [6.07, 6.45) is -4.72. The lowest BCUT2D eigenvalue weighted by Crippen LogP contribution is -2.48. The Hall–Kier alpha value is -3.62. The Morgan fingerprint density at radius 1 is 0.947 bits per heavy atom. The molecule has 3 aromatic rings. The number of carbonyl (C=O) groups excluding carboxylic acids is 1. The Balaban J connectivity index is 1.66. The first-order valence-corrected chi connectivity index (χ1v) is 12.1. The number of alkyl halides is 6. The van der Waals surface area contributed by atoms with Gasteiger partial charge in [-0.1, -0.05) is 42.5 Å². The van der Waals surface area contributed by atoms with Gasteiger partial charge in [0.1, 0.15) is 0 Å². The highest BCUT2D eigenvalue weighted by molar-refractivity contribution is 5.84. The summed E-state index contributed by atoms with van der Waals surface area (Å²) in [5.74, 6) is -1.92. The first-order chi connectivity index (χ1) is 17.8. The summed E-state index contributed by atoms with van der Waals surface area (Å²) in [6.45, 7) is 3.20. The van der Waals surface area contributed by atoms with Crippen LogP contribution in [0.1, 0.15) is 65.6 Å². The number of halogens is 6. The van der Waals surface area contributed by atoms with Gasteiger partial charge in [-0.2, -0.15) is 26.3 Å². The highest BCUT2D eigenvalue weighted by Crippen LogP contribution is 2.41. The average Bonchev–Trinajstić information content (AvgIpc) is 2.88. The van der Waals surface area contributed by atoms with Gasteiger partial charge in [-0.25, -0.2) is 0 Å². The SMILES string of the molecule is Cc1ccc(C2=CCC(NC(=O)C(C)c3cc(C(F)(F)F)cc(C(F)(F)F)c3)(c3ccccc3)CC2)cn1. The molecule has 2 unspecified atom stereocenters. The number of carbonyl (C=O) groups is 1. The summed E-state index contributed by atoms with van der Waals surface area (Å²) in [4.78, 5) is 17.7. The smallest absolute Gasteiger partial charge is 0.346 e. The molecule has 1 N–H and O–H groups in total. The number of aryl methyl sites for hydroxylation is 1. The first kappa shape index (κ1) is 27.4. The van der Waals surface area contributed by atoms with E-state index in [2.05, 4.69) is 10.3 Å². The third-order valence-corrected chi connectivity index (χ3v) is 6.99. The maximum absolute atomic E-state index is 13.4. The van der Waals surface area contributed by atoms with Crippen molar-refractivity contribution in [2.75, 3.05) is 0 Å². The normalized spacial score (nSPS) is 19.0. The molecule has 0 saturated carbocycles.